The molecule has 4 heteroatoms. The largest absolute Gasteiger partial charge is 0.479 e. The minimum absolute atomic E-state index is 0.0876. The number of nitrogens with two attached hydrogens (primary N) is 1. The van der Waals surface area contributed by atoms with Crippen LogP contribution in [0.4, 0.5) is 5.69 Å². The van der Waals surface area contributed by atoms with Crippen molar-refractivity contribution in [3.8, 4) is 11.8 Å². The Kier molecular flexibility index (Phi) is 3.28. The van der Waals surface area contributed by atoms with Crippen LogP contribution in [0.2, 0.25) is 0 Å². The molecule has 16 heavy (non-hydrogen) atoms. The van der Waals surface area contributed by atoms with Gasteiger partial charge in [0.15, 0.2) is 6.61 Å². The molecule has 1 saturated carbocycles. The van der Waals surface area contributed by atoms with Crippen molar-refractivity contribution < 1.29 is 4.74 Å². The number of nitriles is 1. The predicted molar refractivity (Wildman–Crippen MR) is 62.2 cm³/mol. The van der Waals surface area contributed by atoms with Crippen LogP contribution in [0.3, 0.4) is 0 Å². The van der Waals surface area contributed by atoms with Crippen LogP contribution in [0.1, 0.15) is 12.8 Å². The van der Waals surface area contributed by atoms with Crippen molar-refractivity contribution in [3.63, 3.8) is 0 Å². The molecule has 0 bridgehead atoms. The van der Waals surface area contributed by atoms with Crippen LogP contribution in [-0.4, -0.2) is 18.7 Å². The summed E-state index contributed by atoms with van der Waals surface area (Å²) in [5.41, 5.74) is 6.78. The topological polar surface area (TPSA) is 71.1 Å². The smallest absolute Gasteiger partial charge is 0.174 e. The highest BCUT2D eigenvalue weighted by Crippen LogP contribution is 2.23. The van der Waals surface area contributed by atoms with Crippen molar-refractivity contribution in [1.82, 2.24) is 0 Å². The molecule has 1 aromatic rings. The quantitative estimate of drug-likeness (QED) is 0.801. The van der Waals surface area contributed by atoms with E-state index >= 15 is 0 Å². The maximum Gasteiger partial charge on any atom is 0.174 e. The van der Waals surface area contributed by atoms with Crippen LogP contribution in [0.15, 0.2) is 24.3 Å². The molecular formula is C12H15N3O. The van der Waals surface area contributed by atoms with Gasteiger partial charge in [-0.05, 0) is 37.1 Å². The molecule has 3 N–H and O–H groups in total. The van der Waals surface area contributed by atoms with E-state index in [2.05, 4.69) is 5.32 Å². The second-order valence-corrected chi connectivity index (χ2v) is 4.04. The van der Waals surface area contributed by atoms with Crippen LogP contribution in [0.5, 0.6) is 5.75 Å². The third-order valence-electron chi connectivity index (χ3n) is 2.70. The number of hydrogen-bond acceptors (Lipinski definition) is 4. The zero-order chi connectivity index (χ0) is 11.4. The number of nitrogens with one attached hydrogen (secondary N) is 1. The minimum atomic E-state index is 0.0876. The Morgan fingerprint density at radius 1 is 1.38 bits per heavy atom. The average molecular weight is 217 g/mol. The van der Waals surface area contributed by atoms with Crippen LogP contribution < -0.4 is 15.8 Å². The number of rotatable bonds is 4. The fourth-order valence-electron chi connectivity index (χ4n) is 1.78. The Balaban J connectivity index is 1.85. The number of benzene rings is 1. The number of nitrogens with zero attached hydrogens (tertiary/aromatic N) is 1. The highest BCUT2D eigenvalue weighted by Gasteiger charge is 2.25. The fraction of sp³-hybridized carbons (Fsp3) is 0.417. The Morgan fingerprint density at radius 2 is 2.06 bits per heavy atom. The van der Waals surface area contributed by atoms with Crippen molar-refractivity contribution in [2.45, 2.75) is 24.9 Å². The molecule has 0 amide bonds. The van der Waals surface area contributed by atoms with E-state index in [1.54, 1.807) is 0 Å². The zero-order valence-electron chi connectivity index (χ0n) is 9.02. The summed E-state index contributed by atoms with van der Waals surface area (Å²) < 4.78 is 5.16. The van der Waals surface area contributed by atoms with E-state index in [-0.39, 0.29) is 6.61 Å². The second-order valence-electron chi connectivity index (χ2n) is 4.04. The van der Waals surface area contributed by atoms with E-state index in [0.717, 1.165) is 24.3 Å². The van der Waals surface area contributed by atoms with Crippen molar-refractivity contribution in [1.29, 1.82) is 5.26 Å². The van der Waals surface area contributed by atoms with E-state index < -0.39 is 0 Å². The van der Waals surface area contributed by atoms with E-state index in [4.69, 9.17) is 15.7 Å². The first-order chi connectivity index (χ1) is 7.78. The van der Waals surface area contributed by atoms with E-state index in [9.17, 15) is 0 Å². The van der Waals surface area contributed by atoms with Gasteiger partial charge in [-0.15, -0.1) is 0 Å². The van der Waals surface area contributed by atoms with E-state index in [0.29, 0.717) is 12.1 Å². The SMILES string of the molecule is N#CCOc1ccc(NC2CC(N)C2)cc1. The third-order valence-corrected chi connectivity index (χ3v) is 2.70. The Bertz CT molecular complexity index is 376. The average Bonchev–Trinajstić information content (AvgIpc) is 2.26. The fourth-order valence-corrected chi connectivity index (χ4v) is 1.78. The third kappa shape index (κ3) is 2.65. The standard InChI is InChI=1S/C12H15N3O/c13-5-6-16-12-3-1-10(2-4-12)15-11-7-9(14)8-11/h1-4,9,11,15H,6-8,14H2. The van der Waals surface area contributed by atoms with Gasteiger partial charge in [-0.2, -0.15) is 5.26 Å². The zero-order valence-corrected chi connectivity index (χ0v) is 9.02. The molecule has 0 saturated heterocycles. The first-order valence-corrected chi connectivity index (χ1v) is 5.40. The van der Waals surface area contributed by atoms with Crippen molar-refractivity contribution in [2.75, 3.05) is 11.9 Å². The molecule has 0 aliphatic heterocycles. The second kappa shape index (κ2) is 4.86. The van der Waals surface area contributed by atoms with Gasteiger partial charge >= 0.3 is 0 Å². The van der Waals surface area contributed by atoms with Gasteiger partial charge in [0, 0.05) is 17.8 Å². The number of anilines is 1. The maximum atomic E-state index is 8.37. The number of hydrogen-bond donors (Lipinski definition) is 2. The van der Waals surface area contributed by atoms with Gasteiger partial charge in [-0.1, -0.05) is 0 Å². The summed E-state index contributed by atoms with van der Waals surface area (Å²) in [6.45, 7) is 0.0876. The Labute approximate surface area is 95.0 Å². The monoisotopic (exact) mass is 217 g/mol. The molecule has 0 atom stereocenters. The van der Waals surface area contributed by atoms with E-state index in [1.165, 1.54) is 0 Å². The minimum Gasteiger partial charge on any atom is -0.479 e. The summed E-state index contributed by atoms with van der Waals surface area (Å²) in [5, 5.41) is 11.8. The van der Waals surface area contributed by atoms with Gasteiger partial charge in [0.25, 0.3) is 0 Å². The lowest BCUT2D eigenvalue weighted by atomic mass is 9.87. The first-order valence-electron chi connectivity index (χ1n) is 5.40. The lowest BCUT2D eigenvalue weighted by Gasteiger charge is -2.33. The lowest BCUT2D eigenvalue weighted by molar-refractivity contribution is 0.367. The lowest BCUT2D eigenvalue weighted by Crippen LogP contribution is -2.44. The van der Waals surface area contributed by atoms with Crippen LogP contribution in [0.25, 0.3) is 0 Å². The molecule has 1 aliphatic rings. The summed E-state index contributed by atoms with van der Waals surface area (Å²) in [4.78, 5) is 0. The molecule has 0 aromatic heterocycles. The normalized spacial score (nSPS) is 23.0. The Morgan fingerprint density at radius 3 is 2.62 bits per heavy atom. The molecule has 1 aliphatic carbocycles. The van der Waals surface area contributed by atoms with Gasteiger partial charge in [0.1, 0.15) is 11.8 Å². The van der Waals surface area contributed by atoms with Crippen LogP contribution >= 0.6 is 0 Å². The van der Waals surface area contributed by atoms with Gasteiger partial charge in [0.05, 0.1) is 0 Å². The molecular weight excluding hydrogens is 202 g/mol. The summed E-state index contributed by atoms with van der Waals surface area (Å²) >= 11 is 0. The number of ether oxygens (including phenoxy) is 1. The molecule has 2 rings (SSSR count). The molecule has 0 unspecified atom stereocenters. The maximum absolute atomic E-state index is 8.37. The molecule has 0 heterocycles. The molecule has 4 nitrogen and oxygen atoms in total. The summed E-state index contributed by atoms with van der Waals surface area (Å²) in [5.74, 6) is 0.720. The summed E-state index contributed by atoms with van der Waals surface area (Å²) in [6.07, 6.45) is 2.07. The molecule has 0 spiro atoms. The van der Waals surface area contributed by atoms with E-state index in [1.807, 2.05) is 30.3 Å². The van der Waals surface area contributed by atoms with Gasteiger partial charge in [-0.3, -0.25) is 0 Å². The summed E-state index contributed by atoms with van der Waals surface area (Å²) in [7, 11) is 0. The molecule has 1 fully saturated rings. The van der Waals surface area contributed by atoms with Crippen molar-refractivity contribution >= 4 is 5.69 Å². The van der Waals surface area contributed by atoms with Gasteiger partial charge < -0.3 is 15.8 Å². The van der Waals surface area contributed by atoms with Gasteiger partial charge in [-0.25, -0.2) is 0 Å². The van der Waals surface area contributed by atoms with Crippen LogP contribution in [0, 0.1) is 11.3 Å². The first kappa shape index (κ1) is 10.8. The molecule has 1 aromatic carbocycles. The highest BCUT2D eigenvalue weighted by atomic mass is 16.5. The van der Waals surface area contributed by atoms with Gasteiger partial charge in [0.2, 0.25) is 0 Å². The predicted octanol–water partition coefficient (Wildman–Crippen LogP) is 1.49. The van der Waals surface area contributed by atoms with Crippen LogP contribution in [-0.2, 0) is 0 Å². The molecule has 84 valence electrons. The molecule has 0 radical (unpaired) electrons. The van der Waals surface area contributed by atoms with Crippen molar-refractivity contribution in [3.05, 3.63) is 24.3 Å². The van der Waals surface area contributed by atoms with Crippen molar-refractivity contribution in [2.24, 2.45) is 5.73 Å². The summed E-state index contributed by atoms with van der Waals surface area (Å²) in [6, 6.07) is 10.4. The highest BCUT2D eigenvalue weighted by molar-refractivity contribution is 5.47. The Hall–Kier alpha value is -1.73.